The van der Waals surface area contributed by atoms with E-state index in [1.54, 1.807) is 26.0 Å². The fourth-order valence-electron chi connectivity index (χ4n) is 1.39. The third-order valence-electron chi connectivity index (χ3n) is 2.42. The van der Waals surface area contributed by atoms with E-state index in [4.69, 9.17) is 5.11 Å². The number of halogens is 1. The van der Waals surface area contributed by atoms with Gasteiger partial charge < -0.3 is 10.4 Å². The van der Waals surface area contributed by atoms with Crippen molar-refractivity contribution in [1.82, 2.24) is 0 Å². The highest BCUT2D eigenvalue weighted by molar-refractivity contribution is 8.00. The molecule has 104 valence electrons. The number of thioether (sulfide) groups is 1. The van der Waals surface area contributed by atoms with Gasteiger partial charge in [0.15, 0.2) is 0 Å². The van der Waals surface area contributed by atoms with Gasteiger partial charge in [-0.2, -0.15) is 0 Å². The number of anilines is 1. The summed E-state index contributed by atoms with van der Waals surface area (Å²) in [6.07, 6.45) is 0.0110. The fraction of sp³-hybridized carbons (Fsp3) is 0.385. The second kappa shape index (κ2) is 7.13. The van der Waals surface area contributed by atoms with Crippen LogP contribution in [0.5, 0.6) is 0 Å². The first-order chi connectivity index (χ1) is 8.88. The Balaban J connectivity index is 2.42. The zero-order chi connectivity index (χ0) is 14.4. The summed E-state index contributed by atoms with van der Waals surface area (Å²) in [7, 11) is 0. The van der Waals surface area contributed by atoms with E-state index in [-0.39, 0.29) is 29.1 Å². The Hall–Kier alpha value is -1.56. The first kappa shape index (κ1) is 15.5. The van der Waals surface area contributed by atoms with Gasteiger partial charge in [-0.3, -0.25) is 9.59 Å². The normalized spacial score (nSPS) is 11.9. The zero-order valence-electron chi connectivity index (χ0n) is 10.8. The number of aryl methyl sites for hydroxylation is 1. The van der Waals surface area contributed by atoms with Gasteiger partial charge in [0.2, 0.25) is 5.91 Å². The van der Waals surface area contributed by atoms with E-state index in [2.05, 4.69) is 5.32 Å². The van der Waals surface area contributed by atoms with Gasteiger partial charge in [0, 0.05) is 10.9 Å². The van der Waals surface area contributed by atoms with E-state index in [1.807, 2.05) is 0 Å². The zero-order valence-corrected chi connectivity index (χ0v) is 11.6. The van der Waals surface area contributed by atoms with Crippen molar-refractivity contribution in [3.63, 3.8) is 0 Å². The number of carbonyl (C=O) groups excluding carboxylic acids is 1. The quantitative estimate of drug-likeness (QED) is 0.843. The lowest BCUT2D eigenvalue weighted by Crippen LogP contribution is -2.17. The second-order valence-electron chi connectivity index (χ2n) is 4.23. The van der Waals surface area contributed by atoms with Crippen molar-refractivity contribution in [3.8, 4) is 0 Å². The molecule has 1 aromatic carbocycles. The first-order valence-electron chi connectivity index (χ1n) is 5.78. The standard InChI is InChI=1S/C13H16FNO3S/c1-8-3-4-10(6-11(8)14)15-12(16)7-19-9(2)5-13(17)18/h3-4,6,9H,5,7H2,1-2H3,(H,15,16)(H,17,18). The summed E-state index contributed by atoms with van der Waals surface area (Å²) in [5, 5.41) is 11.0. The lowest BCUT2D eigenvalue weighted by atomic mass is 10.2. The van der Waals surface area contributed by atoms with Gasteiger partial charge in [0.1, 0.15) is 5.82 Å². The summed E-state index contributed by atoms with van der Waals surface area (Å²) in [6.45, 7) is 3.39. The Bertz CT molecular complexity index is 479. The van der Waals surface area contributed by atoms with Crippen molar-refractivity contribution in [2.24, 2.45) is 0 Å². The predicted molar refractivity (Wildman–Crippen MR) is 73.9 cm³/mol. The first-order valence-corrected chi connectivity index (χ1v) is 6.82. The highest BCUT2D eigenvalue weighted by Gasteiger charge is 2.11. The average molecular weight is 285 g/mol. The summed E-state index contributed by atoms with van der Waals surface area (Å²) in [5.41, 5.74) is 0.919. The highest BCUT2D eigenvalue weighted by Crippen LogP contribution is 2.16. The molecule has 2 N–H and O–H groups in total. The molecule has 1 amide bonds. The number of aliphatic carboxylic acids is 1. The second-order valence-corrected chi connectivity index (χ2v) is 5.66. The monoisotopic (exact) mass is 285 g/mol. The van der Waals surface area contributed by atoms with Crippen molar-refractivity contribution in [2.75, 3.05) is 11.1 Å². The molecule has 0 aliphatic heterocycles. The van der Waals surface area contributed by atoms with Crippen LogP contribution in [0.4, 0.5) is 10.1 Å². The predicted octanol–water partition coefficient (Wildman–Crippen LogP) is 2.67. The molecular formula is C13H16FNO3S. The van der Waals surface area contributed by atoms with Crippen LogP contribution in [0.15, 0.2) is 18.2 Å². The molecule has 0 fully saturated rings. The maximum Gasteiger partial charge on any atom is 0.304 e. The number of carboxylic acid groups (broad SMARTS) is 1. The maximum atomic E-state index is 13.3. The third-order valence-corrected chi connectivity index (χ3v) is 3.58. The molecule has 0 aliphatic rings. The van der Waals surface area contributed by atoms with Gasteiger partial charge in [-0.15, -0.1) is 11.8 Å². The minimum atomic E-state index is -0.888. The number of hydrogen-bond donors (Lipinski definition) is 2. The van der Waals surface area contributed by atoms with E-state index in [1.165, 1.54) is 17.8 Å². The van der Waals surface area contributed by atoms with E-state index in [9.17, 15) is 14.0 Å². The number of amides is 1. The number of rotatable bonds is 6. The number of nitrogens with one attached hydrogen (secondary N) is 1. The van der Waals surface area contributed by atoms with Gasteiger partial charge in [-0.25, -0.2) is 4.39 Å². The molecule has 1 atom stereocenters. The van der Waals surface area contributed by atoms with Crippen LogP contribution in [0.3, 0.4) is 0 Å². The molecule has 1 aromatic rings. The van der Waals surface area contributed by atoms with E-state index < -0.39 is 5.97 Å². The van der Waals surface area contributed by atoms with Crippen LogP contribution in [-0.2, 0) is 9.59 Å². The third kappa shape index (κ3) is 5.74. The molecule has 0 saturated carbocycles. The molecule has 0 aromatic heterocycles. The van der Waals surface area contributed by atoms with Gasteiger partial charge in [0.05, 0.1) is 12.2 Å². The van der Waals surface area contributed by atoms with Crippen molar-refractivity contribution < 1.29 is 19.1 Å². The topological polar surface area (TPSA) is 66.4 Å². The summed E-state index contributed by atoms with van der Waals surface area (Å²) < 4.78 is 13.3. The number of benzene rings is 1. The minimum absolute atomic E-state index is 0.0110. The van der Waals surface area contributed by atoms with Crippen LogP contribution in [0.1, 0.15) is 18.9 Å². The number of hydrogen-bond acceptors (Lipinski definition) is 3. The van der Waals surface area contributed by atoms with Gasteiger partial charge >= 0.3 is 5.97 Å². The summed E-state index contributed by atoms with van der Waals surface area (Å²) in [5.74, 6) is -1.39. The molecule has 19 heavy (non-hydrogen) atoms. The Kier molecular flexibility index (Phi) is 5.82. The minimum Gasteiger partial charge on any atom is -0.481 e. The molecule has 0 spiro atoms. The van der Waals surface area contributed by atoms with Gasteiger partial charge in [-0.1, -0.05) is 13.0 Å². The molecule has 1 unspecified atom stereocenters. The highest BCUT2D eigenvalue weighted by atomic mass is 32.2. The lowest BCUT2D eigenvalue weighted by molar-refractivity contribution is -0.136. The number of carboxylic acids is 1. The average Bonchev–Trinajstić information content (AvgIpc) is 2.30. The Morgan fingerprint density at radius 1 is 1.47 bits per heavy atom. The van der Waals surface area contributed by atoms with Gasteiger partial charge in [0.25, 0.3) is 0 Å². The van der Waals surface area contributed by atoms with Crippen LogP contribution >= 0.6 is 11.8 Å². The van der Waals surface area contributed by atoms with Crippen LogP contribution in [-0.4, -0.2) is 28.0 Å². The molecule has 0 saturated heterocycles. The van der Waals surface area contributed by atoms with E-state index in [0.717, 1.165) is 0 Å². The number of carbonyl (C=O) groups is 2. The summed E-state index contributed by atoms with van der Waals surface area (Å²) >= 11 is 1.25. The summed E-state index contributed by atoms with van der Waals surface area (Å²) in [4.78, 5) is 22.1. The van der Waals surface area contributed by atoms with Crippen LogP contribution in [0.2, 0.25) is 0 Å². The van der Waals surface area contributed by atoms with Crippen molar-refractivity contribution in [3.05, 3.63) is 29.6 Å². The SMILES string of the molecule is Cc1ccc(NC(=O)CSC(C)CC(=O)O)cc1F. The van der Waals surface area contributed by atoms with Crippen LogP contribution in [0.25, 0.3) is 0 Å². The molecule has 0 heterocycles. The Morgan fingerprint density at radius 2 is 2.16 bits per heavy atom. The molecule has 4 nitrogen and oxygen atoms in total. The Morgan fingerprint density at radius 3 is 2.74 bits per heavy atom. The van der Waals surface area contributed by atoms with E-state index in [0.29, 0.717) is 11.3 Å². The largest absolute Gasteiger partial charge is 0.481 e. The van der Waals surface area contributed by atoms with Crippen LogP contribution in [0, 0.1) is 12.7 Å². The van der Waals surface area contributed by atoms with E-state index >= 15 is 0 Å². The molecule has 1 rings (SSSR count). The smallest absolute Gasteiger partial charge is 0.304 e. The van der Waals surface area contributed by atoms with Crippen molar-refractivity contribution in [1.29, 1.82) is 0 Å². The Labute approximate surface area is 115 Å². The fourth-order valence-corrected chi connectivity index (χ4v) is 2.16. The molecule has 0 aliphatic carbocycles. The summed E-state index contributed by atoms with van der Waals surface area (Å²) in [6, 6.07) is 4.48. The van der Waals surface area contributed by atoms with Crippen LogP contribution < -0.4 is 5.32 Å². The molecule has 0 bridgehead atoms. The van der Waals surface area contributed by atoms with Gasteiger partial charge in [-0.05, 0) is 24.6 Å². The lowest BCUT2D eigenvalue weighted by Gasteiger charge is -2.09. The molecular weight excluding hydrogens is 269 g/mol. The van der Waals surface area contributed by atoms with Crippen molar-refractivity contribution in [2.45, 2.75) is 25.5 Å². The molecule has 6 heteroatoms. The maximum absolute atomic E-state index is 13.3. The van der Waals surface area contributed by atoms with Crippen molar-refractivity contribution >= 4 is 29.3 Å². The molecule has 0 radical (unpaired) electrons.